The largest absolute Gasteiger partial charge is 0.395 e. The molecule has 0 aromatic carbocycles. The summed E-state index contributed by atoms with van der Waals surface area (Å²) >= 11 is -0.979. The minimum atomic E-state index is -4.34. The number of hydrogen-bond acceptors (Lipinski definition) is 5. The zero-order valence-electron chi connectivity index (χ0n) is 15.5. The van der Waals surface area contributed by atoms with Crippen LogP contribution >= 0.6 is 21.0 Å². The molecule has 0 spiro atoms. The van der Waals surface area contributed by atoms with Crippen molar-refractivity contribution in [1.29, 1.82) is 0 Å². The number of rotatable bonds is 14. The van der Waals surface area contributed by atoms with Crippen molar-refractivity contribution in [3.05, 3.63) is 12.7 Å². The van der Waals surface area contributed by atoms with E-state index in [0.717, 1.165) is 6.08 Å². The van der Waals surface area contributed by atoms with Crippen LogP contribution < -0.4 is 14.2 Å². The average Bonchev–Trinajstić information content (AvgIpc) is 2.57. The van der Waals surface area contributed by atoms with Crippen LogP contribution in [0.5, 0.6) is 0 Å². The second-order valence-corrected chi connectivity index (χ2v) is 8.21. The van der Waals surface area contributed by atoms with Crippen molar-refractivity contribution in [3.63, 3.8) is 0 Å². The molecule has 0 fully saturated rings. The van der Waals surface area contributed by atoms with Crippen LogP contribution in [-0.4, -0.2) is 51.7 Å². The molecule has 0 aromatic rings. The fourth-order valence-electron chi connectivity index (χ4n) is 2.09. The fourth-order valence-corrected chi connectivity index (χ4v) is 3.67. The molecule has 28 heavy (non-hydrogen) atoms. The third-order valence-corrected chi connectivity index (χ3v) is 5.65. The molecule has 12 heteroatoms. The molecule has 0 aromatic heterocycles. The Balaban J connectivity index is 4.13. The van der Waals surface area contributed by atoms with Crippen molar-refractivity contribution >= 4 is 25.0 Å². The van der Waals surface area contributed by atoms with Gasteiger partial charge in [-0.3, -0.25) is 10.6 Å². The van der Waals surface area contributed by atoms with Crippen LogP contribution in [0, 0.1) is 5.92 Å². The van der Waals surface area contributed by atoms with Crippen LogP contribution in [-0.2, 0) is 0 Å². The van der Waals surface area contributed by atoms with Crippen molar-refractivity contribution in [3.8, 4) is 0 Å². The Bertz CT molecular complexity index is 463. The average molecular weight is 535 g/mol. The number of halogens is 7. The lowest BCUT2D eigenvalue weighted by molar-refractivity contribution is -0.158. The number of allylic oxidation sites excluding steroid dienone is 1. The minimum Gasteiger partial charge on any atom is -0.379 e. The Morgan fingerprint density at radius 1 is 1.11 bits per heavy atom. The van der Waals surface area contributed by atoms with Crippen LogP contribution in [0.25, 0.3) is 0 Å². The van der Waals surface area contributed by atoms with Crippen molar-refractivity contribution in [2.75, 3.05) is 6.54 Å². The van der Waals surface area contributed by atoms with Crippen LogP contribution in [0.1, 0.15) is 39.0 Å². The van der Waals surface area contributed by atoms with E-state index in [1.54, 1.807) is 0 Å². The summed E-state index contributed by atoms with van der Waals surface area (Å²) in [5, 5.41) is 24.7. The lowest BCUT2D eigenvalue weighted by atomic mass is 10.1. The summed E-state index contributed by atoms with van der Waals surface area (Å²) in [6, 6.07) is -0.190. The number of alkyl halides is 6. The lowest BCUT2D eigenvalue weighted by Crippen LogP contribution is -2.45. The maximum Gasteiger partial charge on any atom is 0.395 e. The Labute approximate surface area is 171 Å². The summed E-state index contributed by atoms with van der Waals surface area (Å²) in [4.78, 5) is 0. The van der Waals surface area contributed by atoms with Gasteiger partial charge in [-0.2, -0.15) is 26.3 Å². The Morgan fingerprint density at radius 2 is 1.75 bits per heavy atom. The predicted octanol–water partition coefficient (Wildman–Crippen LogP) is 3.30. The first-order valence-corrected chi connectivity index (χ1v) is 11.0. The summed E-state index contributed by atoms with van der Waals surface area (Å²) in [7, 11) is 0. The van der Waals surface area contributed by atoms with Gasteiger partial charge in [-0.25, -0.2) is 3.53 Å². The smallest absolute Gasteiger partial charge is 0.379 e. The second kappa shape index (κ2) is 13.9. The first-order chi connectivity index (χ1) is 12.9. The highest BCUT2D eigenvalue weighted by Gasteiger charge is 2.36. The van der Waals surface area contributed by atoms with E-state index in [2.05, 4.69) is 20.7 Å². The molecular formula is C16H28F6IN3O2. The van der Waals surface area contributed by atoms with E-state index in [9.17, 15) is 36.6 Å². The molecule has 0 aliphatic carbocycles. The van der Waals surface area contributed by atoms with Gasteiger partial charge in [0.1, 0.15) is 6.23 Å². The molecule has 168 valence electrons. The lowest BCUT2D eigenvalue weighted by Gasteiger charge is -2.22. The molecule has 0 aliphatic heterocycles. The molecule has 5 nitrogen and oxygen atoms in total. The van der Waals surface area contributed by atoms with E-state index in [-0.39, 0.29) is 19.0 Å². The van der Waals surface area contributed by atoms with E-state index in [1.165, 1.54) is 4.01 Å². The Hall–Kier alpha value is -0.280. The van der Waals surface area contributed by atoms with E-state index in [4.69, 9.17) is 0 Å². The number of nitrogens with one attached hydrogen (secondary N) is 3. The Morgan fingerprint density at radius 3 is 2.25 bits per heavy atom. The zero-order chi connectivity index (χ0) is 21.8. The fraction of sp³-hybridized carbons (Fsp3) is 0.812. The highest BCUT2D eigenvalue weighted by Crippen LogP contribution is 2.29. The monoisotopic (exact) mass is 535 g/mol. The van der Waals surface area contributed by atoms with Crippen LogP contribution in [0.4, 0.5) is 26.3 Å². The predicted molar refractivity (Wildman–Crippen MR) is 105 cm³/mol. The molecule has 0 radical (unpaired) electrons. The minimum absolute atomic E-state index is 0.190. The Kier molecular flexibility index (Phi) is 13.7. The molecule has 0 saturated carbocycles. The van der Waals surface area contributed by atoms with Gasteiger partial charge in [-0.1, -0.05) is 13.0 Å². The highest BCUT2D eigenvalue weighted by molar-refractivity contribution is 14.2. The molecule has 5 N–H and O–H groups in total. The van der Waals surface area contributed by atoms with Crippen LogP contribution in [0.2, 0.25) is 0 Å². The van der Waals surface area contributed by atoms with Crippen LogP contribution in [0.15, 0.2) is 12.7 Å². The summed E-state index contributed by atoms with van der Waals surface area (Å²) in [6.07, 6.45) is -10.9. The molecular weight excluding hydrogens is 507 g/mol. The van der Waals surface area contributed by atoms with Gasteiger partial charge < -0.3 is 10.2 Å². The summed E-state index contributed by atoms with van der Waals surface area (Å²) in [6.45, 7) is 5.24. The van der Waals surface area contributed by atoms with Gasteiger partial charge in [0.25, 0.3) is 0 Å². The van der Waals surface area contributed by atoms with Gasteiger partial charge >= 0.3 is 12.4 Å². The standard InChI is InChI=1S/C16H28F6IN3O2/c1-3-11(16(20,21)22)6-9-23-26-14(28)25-12(4-2)7-10-24-13(27)5-8-15(17,18)19/h3,9,11-14,24-28H,1,4-8,10H2,2H3/t11-,12+,13?,14?/m0/s1. The van der Waals surface area contributed by atoms with Crippen molar-refractivity contribution in [1.82, 2.24) is 14.2 Å². The van der Waals surface area contributed by atoms with Crippen molar-refractivity contribution < 1.29 is 36.6 Å². The normalized spacial score (nSPS) is 17.8. The molecule has 2 unspecified atom stereocenters. The molecule has 0 heterocycles. The summed E-state index contributed by atoms with van der Waals surface area (Å²) in [5.74, 6) is -1.61. The maximum atomic E-state index is 12.6. The van der Waals surface area contributed by atoms with Crippen LogP contribution in [0.3, 0.4) is 0 Å². The van der Waals surface area contributed by atoms with E-state index >= 15 is 0 Å². The first-order valence-electron chi connectivity index (χ1n) is 8.70. The zero-order valence-corrected chi connectivity index (χ0v) is 17.6. The summed E-state index contributed by atoms with van der Waals surface area (Å²) in [5.41, 5.74) is 0. The van der Waals surface area contributed by atoms with E-state index < -0.39 is 64.7 Å². The molecule has 0 rings (SSSR count). The number of aliphatic hydroxyl groups excluding tert-OH is 2. The highest BCUT2D eigenvalue weighted by atomic mass is 127. The third-order valence-electron chi connectivity index (χ3n) is 3.75. The first kappa shape index (κ1) is 27.7. The van der Waals surface area contributed by atoms with Gasteiger partial charge in [0, 0.05) is 12.5 Å². The third kappa shape index (κ3) is 14.7. The molecule has 0 bridgehead atoms. The van der Waals surface area contributed by atoms with Gasteiger partial charge in [0.2, 0.25) is 0 Å². The van der Waals surface area contributed by atoms with E-state index in [0.29, 0.717) is 12.8 Å². The quantitative estimate of drug-likeness (QED) is 0.0777. The molecule has 4 atom stereocenters. The molecule has 0 saturated heterocycles. The maximum absolute atomic E-state index is 12.6. The topological polar surface area (TPSA) is 76.5 Å². The number of aliphatic hydroxyl groups is 2. The number of hydrogen-bond donors (Lipinski definition) is 5. The van der Waals surface area contributed by atoms with Crippen molar-refractivity contribution in [2.45, 2.75) is 70.0 Å². The van der Waals surface area contributed by atoms with Gasteiger partial charge in [-0.05, 0) is 57.2 Å². The van der Waals surface area contributed by atoms with Gasteiger partial charge in [0.05, 0.1) is 5.92 Å². The summed E-state index contributed by atoms with van der Waals surface area (Å²) < 4.78 is 78.1. The van der Waals surface area contributed by atoms with Gasteiger partial charge in [0.15, 0.2) is 6.35 Å². The van der Waals surface area contributed by atoms with Crippen molar-refractivity contribution in [2.24, 2.45) is 5.92 Å². The SMILES string of the molecule is C=C[C@@H](CC=INC(O)N[C@H](CC)CCNC(O)CCC(F)(F)F)C(F)(F)F. The second-order valence-electron chi connectivity index (χ2n) is 6.08. The molecule has 0 amide bonds. The van der Waals surface area contributed by atoms with E-state index in [1.807, 2.05) is 6.92 Å². The van der Waals surface area contributed by atoms with Gasteiger partial charge in [-0.15, -0.1) is 6.58 Å². The molecule has 0 aliphatic rings.